The lowest BCUT2D eigenvalue weighted by molar-refractivity contribution is 0.0883. The molecule has 0 aliphatic carbocycles. The van der Waals surface area contributed by atoms with Crippen molar-refractivity contribution in [3.63, 3.8) is 0 Å². The molecule has 1 aromatic rings. The van der Waals surface area contributed by atoms with Crippen molar-refractivity contribution in [2.75, 3.05) is 13.2 Å². The molecule has 1 unspecified atom stereocenters. The topological polar surface area (TPSA) is 51.2 Å². The van der Waals surface area contributed by atoms with Gasteiger partial charge in [0.2, 0.25) is 0 Å². The highest BCUT2D eigenvalue weighted by molar-refractivity contribution is 6.03. The van der Waals surface area contributed by atoms with E-state index >= 15 is 0 Å². The van der Waals surface area contributed by atoms with E-state index in [1.807, 2.05) is 13.8 Å². The molecule has 0 radical (unpaired) electrons. The Morgan fingerprint density at radius 1 is 1.56 bits per heavy atom. The number of pyridine rings is 1. The molecule has 1 atom stereocenters. The highest BCUT2D eigenvalue weighted by Gasteiger charge is 2.36. The van der Waals surface area contributed by atoms with Crippen molar-refractivity contribution in [1.29, 1.82) is 0 Å². The Bertz CT molecular complexity index is 426. The van der Waals surface area contributed by atoms with Crippen molar-refractivity contribution in [2.24, 2.45) is 0 Å². The number of Topliss-reactive ketones (excluding diaryl/α,β-unsaturated/α-hetero) is 1. The minimum absolute atomic E-state index is 0.106. The molecule has 1 N–H and O–H groups in total. The summed E-state index contributed by atoms with van der Waals surface area (Å²) in [7, 11) is 0. The molecule has 0 amide bonds. The lowest BCUT2D eigenvalue weighted by atomic mass is 9.90. The van der Waals surface area contributed by atoms with E-state index in [0.717, 1.165) is 25.8 Å². The monoisotopic (exact) mass is 248 g/mol. The van der Waals surface area contributed by atoms with Crippen molar-refractivity contribution >= 4 is 5.78 Å². The van der Waals surface area contributed by atoms with E-state index in [-0.39, 0.29) is 5.78 Å². The van der Waals surface area contributed by atoms with Gasteiger partial charge in [0, 0.05) is 11.8 Å². The number of ether oxygens (including phenoxy) is 1. The van der Waals surface area contributed by atoms with E-state index in [1.165, 1.54) is 0 Å². The van der Waals surface area contributed by atoms with E-state index in [1.54, 1.807) is 18.5 Å². The summed E-state index contributed by atoms with van der Waals surface area (Å²) < 4.78 is 5.51. The number of carbonyl (C=O) groups is 1. The molecular formula is C14H20N2O2. The summed E-state index contributed by atoms with van der Waals surface area (Å²) in [6, 6.07) is 1.79. The molecule has 0 aromatic carbocycles. The van der Waals surface area contributed by atoms with Gasteiger partial charge in [0.25, 0.3) is 0 Å². The number of rotatable bonds is 5. The second-order valence-electron chi connectivity index (χ2n) is 4.95. The largest absolute Gasteiger partial charge is 0.492 e. The van der Waals surface area contributed by atoms with Gasteiger partial charge in [0.15, 0.2) is 5.78 Å². The number of nitrogens with one attached hydrogen (secondary N) is 1. The molecule has 1 fully saturated rings. The van der Waals surface area contributed by atoms with Crippen LogP contribution in [0.25, 0.3) is 0 Å². The first-order valence-electron chi connectivity index (χ1n) is 6.53. The maximum atomic E-state index is 12.4. The van der Waals surface area contributed by atoms with Gasteiger partial charge in [-0.25, -0.2) is 0 Å². The van der Waals surface area contributed by atoms with E-state index in [9.17, 15) is 4.79 Å². The van der Waals surface area contributed by atoms with Gasteiger partial charge in [-0.3, -0.25) is 9.78 Å². The normalized spacial score (nSPS) is 23.0. The van der Waals surface area contributed by atoms with Crippen LogP contribution in [-0.4, -0.2) is 29.5 Å². The quantitative estimate of drug-likeness (QED) is 0.812. The van der Waals surface area contributed by atoms with Crippen molar-refractivity contribution in [1.82, 2.24) is 10.3 Å². The van der Waals surface area contributed by atoms with Gasteiger partial charge in [-0.2, -0.15) is 0 Å². The molecule has 0 saturated carbocycles. The summed E-state index contributed by atoms with van der Waals surface area (Å²) >= 11 is 0. The van der Waals surface area contributed by atoms with Gasteiger partial charge in [0.05, 0.1) is 18.3 Å². The number of carbonyl (C=O) groups excluding carboxylic acids is 1. The number of ketones is 1. The fourth-order valence-corrected chi connectivity index (χ4v) is 2.25. The Hall–Kier alpha value is -1.42. The van der Waals surface area contributed by atoms with Crippen molar-refractivity contribution in [3.05, 3.63) is 24.0 Å². The lowest BCUT2D eigenvalue weighted by Crippen LogP contribution is -2.44. The van der Waals surface area contributed by atoms with Gasteiger partial charge in [-0.1, -0.05) is 6.92 Å². The minimum atomic E-state index is -0.439. The first-order valence-corrected chi connectivity index (χ1v) is 6.53. The van der Waals surface area contributed by atoms with Gasteiger partial charge >= 0.3 is 0 Å². The molecule has 4 nitrogen and oxygen atoms in total. The number of nitrogens with zero attached hydrogens (tertiary/aromatic N) is 1. The van der Waals surface area contributed by atoms with Crippen molar-refractivity contribution < 1.29 is 9.53 Å². The summed E-state index contributed by atoms with van der Waals surface area (Å²) in [5.74, 6) is 0.777. The second kappa shape index (κ2) is 5.48. The van der Waals surface area contributed by atoms with Crippen molar-refractivity contribution in [2.45, 2.75) is 38.6 Å². The maximum Gasteiger partial charge on any atom is 0.184 e. The SMILES string of the molecule is CCCOc1cncc(C(=O)C2(C)CCCN2)c1. The lowest BCUT2D eigenvalue weighted by Gasteiger charge is -2.22. The van der Waals surface area contributed by atoms with Crippen LogP contribution >= 0.6 is 0 Å². The maximum absolute atomic E-state index is 12.4. The number of aromatic nitrogens is 1. The summed E-state index contributed by atoms with van der Waals surface area (Å²) in [6.07, 6.45) is 6.13. The zero-order valence-corrected chi connectivity index (χ0v) is 11.0. The van der Waals surface area contributed by atoms with Crippen LogP contribution in [0.15, 0.2) is 18.5 Å². The predicted octanol–water partition coefficient (Wildman–Crippen LogP) is 2.20. The third-order valence-corrected chi connectivity index (χ3v) is 3.32. The zero-order valence-electron chi connectivity index (χ0n) is 11.0. The summed E-state index contributed by atoms with van der Waals surface area (Å²) in [5.41, 5.74) is 0.186. The summed E-state index contributed by atoms with van der Waals surface area (Å²) in [6.45, 7) is 5.56. The number of hydrogen-bond donors (Lipinski definition) is 1. The van der Waals surface area contributed by atoms with E-state index < -0.39 is 5.54 Å². The van der Waals surface area contributed by atoms with Crippen molar-refractivity contribution in [3.8, 4) is 5.75 Å². The summed E-state index contributed by atoms with van der Waals surface area (Å²) in [5, 5.41) is 3.28. The van der Waals surface area contributed by atoms with Crippen LogP contribution in [0.1, 0.15) is 43.5 Å². The van der Waals surface area contributed by atoms with Crippen LogP contribution in [-0.2, 0) is 0 Å². The van der Waals surface area contributed by atoms with Crippen LogP contribution in [0.2, 0.25) is 0 Å². The first kappa shape index (κ1) is 13.0. The van der Waals surface area contributed by atoms with Gasteiger partial charge in [-0.15, -0.1) is 0 Å². The molecule has 98 valence electrons. The Morgan fingerprint density at radius 2 is 2.39 bits per heavy atom. The van der Waals surface area contributed by atoms with Crippen LogP contribution in [0, 0.1) is 0 Å². The molecular weight excluding hydrogens is 228 g/mol. The van der Waals surface area contributed by atoms with Crippen LogP contribution < -0.4 is 10.1 Å². The molecule has 2 heterocycles. The Kier molecular flexibility index (Phi) is 3.97. The number of hydrogen-bond acceptors (Lipinski definition) is 4. The molecule has 1 aliphatic rings. The molecule has 1 aromatic heterocycles. The Balaban J connectivity index is 2.15. The Morgan fingerprint density at radius 3 is 3.06 bits per heavy atom. The Labute approximate surface area is 108 Å². The summed E-state index contributed by atoms with van der Waals surface area (Å²) in [4.78, 5) is 16.5. The standard InChI is InChI=1S/C14H20N2O2/c1-3-7-18-12-8-11(9-15-10-12)13(17)14(2)5-4-6-16-14/h8-10,16H,3-7H2,1-2H3. The highest BCUT2D eigenvalue weighted by Crippen LogP contribution is 2.24. The smallest absolute Gasteiger partial charge is 0.184 e. The predicted molar refractivity (Wildman–Crippen MR) is 70.0 cm³/mol. The van der Waals surface area contributed by atoms with Crippen LogP contribution in [0.4, 0.5) is 0 Å². The molecule has 0 spiro atoms. The van der Waals surface area contributed by atoms with Crippen LogP contribution in [0.3, 0.4) is 0 Å². The first-order chi connectivity index (χ1) is 8.65. The van der Waals surface area contributed by atoms with E-state index in [0.29, 0.717) is 17.9 Å². The fourth-order valence-electron chi connectivity index (χ4n) is 2.25. The van der Waals surface area contributed by atoms with Crippen LogP contribution in [0.5, 0.6) is 5.75 Å². The van der Waals surface area contributed by atoms with Gasteiger partial charge in [-0.05, 0) is 38.8 Å². The molecule has 2 rings (SSSR count). The zero-order chi connectivity index (χ0) is 13.0. The molecule has 18 heavy (non-hydrogen) atoms. The van der Waals surface area contributed by atoms with Gasteiger partial charge in [0.1, 0.15) is 5.75 Å². The third kappa shape index (κ3) is 2.70. The third-order valence-electron chi connectivity index (χ3n) is 3.32. The van der Waals surface area contributed by atoms with Gasteiger partial charge < -0.3 is 10.1 Å². The molecule has 0 bridgehead atoms. The molecule has 1 aliphatic heterocycles. The average Bonchev–Trinajstić information content (AvgIpc) is 2.84. The second-order valence-corrected chi connectivity index (χ2v) is 4.95. The fraction of sp³-hybridized carbons (Fsp3) is 0.571. The highest BCUT2D eigenvalue weighted by atomic mass is 16.5. The van der Waals surface area contributed by atoms with E-state index in [2.05, 4.69) is 10.3 Å². The van der Waals surface area contributed by atoms with E-state index in [4.69, 9.17) is 4.74 Å². The minimum Gasteiger partial charge on any atom is -0.492 e. The average molecular weight is 248 g/mol. The molecule has 1 saturated heterocycles. The molecule has 4 heteroatoms.